The molecule has 0 aliphatic heterocycles. The lowest BCUT2D eigenvalue weighted by Gasteiger charge is -1.80. The number of aromatic nitrogens is 2. The molecule has 0 aromatic carbocycles. The summed E-state index contributed by atoms with van der Waals surface area (Å²) in [6.07, 6.45) is 0. The molecule has 0 spiro atoms. The number of aromatic amines is 1. The fourth-order valence-electron chi connectivity index (χ4n) is 0.565. The fourth-order valence-corrected chi connectivity index (χ4v) is 1.31. The normalized spacial score (nSPS) is 14.0. The van der Waals surface area contributed by atoms with Gasteiger partial charge in [0.15, 0.2) is 11.1 Å². The van der Waals surface area contributed by atoms with Gasteiger partial charge in [-0.2, -0.15) is 12.6 Å². The van der Waals surface area contributed by atoms with Crippen LogP contribution in [0.25, 0.3) is 0 Å². The Bertz CT molecular complexity index is 291. The molecule has 7 heteroatoms. The quantitative estimate of drug-likeness (QED) is 0.438. The molecule has 1 aromatic rings. The van der Waals surface area contributed by atoms with Gasteiger partial charge >= 0.3 is 0 Å². The third-order valence-corrected chi connectivity index (χ3v) is 1.91. The zero-order valence-corrected chi connectivity index (χ0v) is 7.36. The highest BCUT2D eigenvalue weighted by Crippen LogP contribution is 1.98. The molecule has 0 bridgehead atoms. The first-order valence-corrected chi connectivity index (χ1v) is 4.66. The highest BCUT2D eigenvalue weighted by atomic mass is 32.2. The Labute approximate surface area is 71.9 Å². The van der Waals surface area contributed by atoms with E-state index in [0.717, 1.165) is 0 Å². The number of hydrogen-bond acceptors (Lipinski definition) is 5. The first-order valence-electron chi connectivity index (χ1n) is 2.92. The molecule has 5 nitrogen and oxygen atoms in total. The van der Waals surface area contributed by atoms with Crippen molar-refractivity contribution in [1.82, 2.24) is 8.75 Å². The van der Waals surface area contributed by atoms with Crippen molar-refractivity contribution in [1.29, 1.82) is 0 Å². The van der Waals surface area contributed by atoms with Crippen LogP contribution in [0.15, 0.2) is 4.99 Å². The van der Waals surface area contributed by atoms with Gasteiger partial charge < -0.3 is 10.3 Å². The van der Waals surface area contributed by atoms with E-state index in [2.05, 4.69) is 26.4 Å². The SMILES string of the molecule is Nc1n[s+]([O-])[nH]c1=NCCS. The lowest BCUT2D eigenvalue weighted by atomic mass is 10.7. The third-order valence-electron chi connectivity index (χ3n) is 0.978. The summed E-state index contributed by atoms with van der Waals surface area (Å²) < 4.78 is 16.7. The summed E-state index contributed by atoms with van der Waals surface area (Å²) in [5, 5.41) is 0. The Hall–Kier alpha value is -0.530. The van der Waals surface area contributed by atoms with Crippen LogP contribution in [0.1, 0.15) is 0 Å². The largest absolute Gasteiger partial charge is 0.548 e. The lowest BCUT2D eigenvalue weighted by Crippen LogP contribution is -2.09. The summed E-state index contributed by atoms with van der Waals surface area (Å²) in [7, 11) is 0. The number of rotatable bonds is 2. The summed E-state index contributed by atoms with van der Waals surface area (Å²) >= 11 is 2.52. The Morgan fingerprint density at radius 2 is 2.55 bits per heavy atom. The van der Waals surface area contributed by atoms with E-state index in [1.54, 1.807) is 0 Å². The molecule has 1 unspecified atom stereocenters. The first-order chi connectivity index (χ1) is 5.24. The van der Waals surface area contributed by atoms with E-state index in [0.29, 0.717) is 17.8 Å². The molecule has 1 aromatic heterocycles. The van der Waals surface area contributed by atoms with Crippen LogP contribution >= 0.6 is 23.8 Å². The molecule has 11 heavy (non-hydrogen) atoms. The zero-order valence-electron chi connectivity index (χ0n) is 5.65. The molecule has 0 amide bonds. The number of nitrogens with one attached hydrogen (secondary N) is 1. The van der Waals surface area contributed by atoms with Crippen LogP contribution in [-0.4, -0.2) is 25.6 Å². The third kappa shape index (κ3) is 2.21. The van der Waals surface area contributed by atoms with Crippen molar-refractivity contribution < 1.29 is 4.55 Å². The molecular formula is C4H8N4OS2. The molecule has 0 fully saturated rings. The molecule has 0 saturated carbocycles. The maximum absolute atomic E-state index is 10.7. The summed E-state index contributed by atoms with van der Waals surface area (Å²) in [6, 6.07) is 0. The zero-order chi connectivity index (χ0) is 8.27. The molecule has 1 heterocycles. The topological polar surface area (TPSA) is 90.1 Å². The lowest BCUT2D eigenvalue weighted by molar-refractivity contribution is 0.584. The van der Waals surface area contributed by atoms with Crippen molar-refractivity contribution in [2.75, 3.05) is 18.0 Å². The number of nitrogens with zero attached hydrogens (tertiary/aromatic N) is 2. The van der Waals surface area contributed by atoms with E-state index in [1.165, 1.54) is 0 Å². The predicted molar refractivity (Wildman–Crippen MR) is 45.9 cm³/mol. The van der Waals surface area contributed by atoms with Crippen LogP contribution in [0.2, 0.25) is 0 Å². The van der Waals surface area contributed by atoms with E-state index in [-0.39, 0.29) is 5.82 Å². The van der Waals surface area contributed by atoms with Crippen LogP contribution in [0.4, 0.5) is 5.82 Å². The highest BCUT2D eigenvalue weighted by molar-refractivity contribution is 7.80. The number of H-pyrrole nitrogens is 1. The van der Waals surface area contributed by atoms with Crippen molar-refractivity contribution in [2.24, 2.45) is 4.99 Å². The average Bonchev–Trinajstić information content (AvgIpc) is 2.26. The minimum absolute atomic E-state index is 0.199. The Morgan fingerprint density at radius 3 is 3.00 bits per heavy atom. The van der Waals surface area contributed by atoms with Gasteiger partial charge in [-0.3, -0.25) is 4.99 Å². The van der Waals surface area contributed by atoms with E-state index in [9.17, 15) is 4.55 Å². The minimum atomic E-state index is -1.43. The van der Waals surface area contributed by atoms with Gasteiger partial charge in [-0.05, 0) is 0 Å². The Kier molecular flexibility index (Phi) is 2.92. The van der Waals surface area contributed by atoms with Crippen LogP contribution in [-0.2, 0) is 0 Å². The second-order valence-electron chi connectivity index (χ2n) is 1.78. The monoisotopic (exact) mass is 192 g/mol. The molecule has 1 atom stereocenters. The molecule has 0 saturated heterocycles. The highest BCUT2D eigenvalue weighted by Gasteiger charge is 2.01. The van der Waals surface area contributed by atoms with Crippen LogP contribution in [0.5, 0.6) is 0 Å². The number of nitrogens with two attached hydrogens (primary N) is 1. The van der Waals surface area contributed by atoms with Crippen molar-refractivity contribution >= 4 is 29.6 Å². The fraction of sp³-hybridized carbons (Fsp3) is 0.500. The first kappa shape index (κ1) is 8.57. The van der Waals surface area contributed by atoms with Gasteiger partial charge in [-0.1, -0.05) is 0 Å². The molecule has 0 aliphatic carbocycles. The Balaban J connectivity index is 2.93. The van der Waals surface area contributed by atoms with Gasteiger partial charge in [0.25, 0.3) is 0 Å². The molecule has 0 radical (unpaired) electrons. The maximum atomic E-state index is 10.7. The summed E-state index contributed by atoms with van der Waals surface area (Å²) in [6.45, 7) is 0.541. The van der Waals surface area contributed by atoms with Crippen LogP contribution in [0, 0.1) is 0 Å². The van der Waals surface area contributed by atoms with E-state index >= 15 is 0 Å². The van der Waals surface area contributed by atoms with Gasteiger partial charge in [0.2, 0.25) is 11.3 Å². The van der Waals surface area contributed by atoms with Crippen molar-refractivity contribution in [2.45, 2.75) is 0 Å². The number of anilines is 1. The summed E-state index contributed by atoms with van der Waals surface area (Å²) in [5.41, 5.74) is 5.75. The van der Waals surface area contributed by atoms with E-state index in [1.807, 2.05) is 0 Å². The van der Waals surface area contributed by atoms with Crippen LogP contribution < -0.4 is 11.2 Å². The summed E-state index contributed by atoms with van der Waals surface area (Å²) in [5.74, 6) is 0.829. The number of hydrogen-bond donors (Lipinski definition) is 3. The van der Waals surface area contributed by atoms with Crippen molar-refractivity contribution in [3.63, 3.8) is 0 Å². The average molecular weight is 192 g/mol. The Morgan fingerprint density at radius 1 is 1.82 bits per heavy atom. The van der Waals surface area contributed by atoms with Gasteiger partial charge in [-0.15, -0.1) is 4.37 Å². The number of thiol groups is 1. The van der Waals surface area contributed by atoms with Crippen LogP contribution in [0.3, 0.4) is 0 Å². The number of nitrogen functional groups attached to an aromatic ring is 1. The second kappa shape index (κ2) is 3.74. The van der Waals surface area contributed by atoms with Crippen molar-refractivity contribution in [3.05, 3.63) is 5.49 Å². The van der Waals surface area contributed by atoms with Crippen molar-refractivity contribution in [3.8, 4) is 0 Å². The molecule has 62 valence electrons. The molecule has 3 N–H and O–H groups in total. The summed E-state index contributed by atoms with van der Waals surface area (Å²) in [4.78, 5) is 3.95. The minimum Gasteiger partial charge on any atom is -0.548 e. The molecule has 1 rings (SSSR count). The van der Waals surface area contributed by atoms with Gasteiger partial charge in [-0.25, -0.2) is 0 Å². The predicted octanol–water partition coefficient (Wildman–Crippen LogP) is -0.450. The second-order valence-corrected chi connectivity index (χ2v) is 3.11. The smallest absolute Gasteiger partial charge is 0.229 e. The van der Waals surface area contributed by atoms with E-state index < -0.39 is 11.1 Å². The molecular weight excluding hydrogens is 184 g/mol. The van der Waals surface area contributed by atoms with Gasteiger partial charge in [0, 0.05) is 10.1 Å². The van der Waals surface area contributed by atoms with E-state index in [4.69, 9.17) is 5.73 Å². The maximum Gasteiger partial charge on any atom is 0.229 e. The van der Waals surface area contributed by atoms with Gasteiger partial charge in [0.1, 0.15) is 0 Å². The molecule has 0 aliphatic rings. The standard InChI is InChI=1S/C4H8N4OS2/c5-3-4(6-1-2-10)8-11(9)7-3/h10H,1-2H2,(H2,5,7)(H,6,8). The van der Waals surface area contributed by atoms with Gasteiger partial charge in [0.05, 0.1) is 6.54 Å².